The molecule has 0 bridgehead atoms. The summed E-state index contributed by atoms with van der Waals surface area (Å²) in [6.45, 7) is 5.54. The smallest absolute Gasteiger partial charge is 0.363 e. The Kier molecular flexibility index (Phi) is 7.85. The van der Waals surface area contributed by atoms with Crippen molar-refractivity contribution in [1.29, 1.82) is 0 Å². The molecule has 0 aliphatic carbocycles. The molecule has 3 heterocycles. The second kappa shape index (κ2) is 10.6. The van der Waals surface area contributed by atoms with Gasteiger partial charge in [-0.2, -0.15) is 32.2 Å². The summed E-state index contributed by atoms with van der Waals surface area (Å²) in [5, 5.41) is 9.76. The van der Waals surface area contributed by atoms with Gasteiger partial charge in [0.1, 0.15) is 0 Å². The summed E-state index contributed by atoms with van der Waals surface area (Å²) in [5.41, 5.74) is -0.209. The van der Waals surface area contributed by atoms with E-state index < -0.39 is 23.4 Å². The lowest BCUT2D eigenvalue weighted by atomic mass is 10.1. The van der Waals surface area contributed by atoms with Crippen molar-refractivity contribution in [2.24, 2.45) is 0 Å². The molecule has 0 radical (unpaired) electrons. The van der Waals surface area contributed by atoms with Gasteiger partial charge in [-0.1, -0.05) is 44.2 Å². The van der Waals surface area contributed by atoms with Gasteiger partial charge >= 0.3 is 12.1 Å². The third kappa shape index (κ3) is 5.78. The highest BCUT2D eigenvalue weighted by Gasteiger charge is 2.33. The van der Waals surface area contributed by atoms with Gasteiger partial charge in [0.05, 0.1) is 11.8 Å². The van der Waals surface area contributed by atoms with Crippen LogP contribution in [0.3, 0.4) is 0 Å². The van der Waals surface area contributed by atoms with Crippen LogP contribution in [0, 0.1) is 5.82 Å². The van der Waals surface area contributed by atoms with Gasteiger partial charge in [0.15, 0.2) is 11.5 Å². The highest BCUT2D eigenvalue weighted by atomic mass is 19.4. The van der Waals surface area contributed by atoms with Crippen molar-refractivity contribution in [2.45, 2.75) is 38.9 Å². The maximum Gasteiger partial charge on any atom is 0.416 e. The Morgan fingerprint density at radius 1 is 1.21 bits per heavy atom. The number of hydrogen-bond donors (Lipinski definition) is 2. The van der Waals surface area contributed by atoms with Crippen molar-refractivity contribution >= 4 is 11.5 Å². The van der Waals surface area contributed by atoms with Crippen LogP contribution in [0.1, 0.15) is 42.9 Å². The van der Waals surface area contributed by atoms with Gasteiger partial charge in [-0.15, -0.1) is 0 Å². The highest BCUT2D eigenvalue weighted by molar-refractivity contribution is 5.57. The van der Waals surface area contributed by atoms with Gasteiger partial charge in [-0.25, -0.2) is 0 Å². The lowest BCUT2D eigenvalue weighted by Gasteiger charge is -2.15. The fraction of sp³-hybridized carbons (Fsp3) is 0.364. The molecule has 3 aromatic rings. The third-order valence-electron chi connectivity index (χ3n) is 4.97. The average Bonchev–Trinajstić information content (AvgIpc) is 3.23. The molecule has 11 heteroatoms. The number of fused-ring (bicyclic) bond motifs is 1. The summed E-state index contributed by atoms with van der Waals surface area (Å²) in [6, 6.07) is 4.89. The number of nitrogens with zero attached hydrogens (tertiary/aromatic N) is 3. The van der Waals surface area contributed by atoms with Gasteiger partial charge in [0, 0.05) is 23.2 Å². The predicted molar refractivity (Wildman–Crippen MR) is 114 cm³/mol. The molecular weight excluding hydrogens is 445 g/mol. The molecule has 4 rings (SSSR count). The van der Waals surface area contributed by atoms with E-state index in [2.05, 4.69) is 37.8 Å². The second-order valence-corrected chi connectivity index (χ2v) is 7.62. The molecule has 178 valence electrons. The van der Waals surface area contributed by atoms with E-state index in [4.69, 9.17) is 0 Å². The molecule has 1 aliphatic rings. The highest BCUT2D eigenvalue weighted by Crippen LogP contribution is 2.33. The van der Waals surface area contributed by atoms with Crippen LogP contribution in [0.5, 0.6) is 5.88 Å². The maximum atomic E-state index is 14.5. The summed E-state index contributed by atoms with van der Waals surface area (Å²) in [4.78, 5) is 7.24. The first-order chi connectivity index (χ1) is 15.7. The average molecular weight is 469 g/mol. The molecule has 2 N–H and O–H groups in total. The first-order valence-corrected chi connectivity index (χ1v) is 10.3. The Balaban J connectivity index is 0.000000442. The molecular formula is C22H24F5N5O. The Morgan fingerprint density at radius 2 is 1.97 bits per heavy atom. The van der Waals surface area contributed by atoms with Crippen molar-refractivity contribution in [3.8, 4) is 5.88 Å². The normalized spacial score (nSPS) is 13.7. The third-order valence-corrected chi connectivity index (χ3v) is 4.97. The zero-order valence-corrected chi connectivity index (χ0v) is 18.1. The van der Waals surface area contributed by atoms with E-state index in [-0.39, 0.29) is 29.5 Å². The minimum absolute atomic E-state index is 0.0493. The van der Waals surface area contributed by atoms with Crippen LogP contribution < -0.4 is 15.6 Å². The summed E-state index contributed by atoms with van der Waals surface area (Å²) >= 11 is 0. The maximum absolute atomic E-state index is 14.5. The Hall–Kier alpha value is -3.21. The zero-order valence-electron chi connectivity index (χ0n) is 18.1. The van der Waals surface area contributed by atoms with E-state index in [0.29, 0.717) is 5.56 Å². The van der Waals surface area contributed by atoms with Crippen LogP contribution >= 0.6 is 0 Å². The van der Waals surface area contributed by atoms with E-state index in [9.17, 15) is 22.1 Å². The Labute approximate surface area is 187 Å². The zero-order chi connectivity index (χ0) is 24.0. The molecule has 0 saturated carbocycles. The summed E-state index contributed by atoms with van der Waals surface area (Å²) in [6.07, 6.45) is 2.44. The number of alkyl halides is 3. The van der Waals surface area contributed by atoms with Crippen LogP contribution in [0.15, 0.2) is 42.6 Å². The number of rotatable bonds is 5. The molecule has 1 aliphatic heterocycles. The number of benzene rings is 1. The Bertz CT molecular complexity index is 1100. The van der Waals surface area contributed by atoms with E-state index in [1.807, 2.05) is 13.8 Å². The molecule has 0 spiro atoms. The molecule has 0 fully saturated rings. The second-order valence-electron chi connectivity index (χ2n) is 7.62. The topological polar surface area (TPSA) is 63.5 Å². The first-order valence-electron chi connectivity index (χ1n) is 10.3. The summed E-state index contributed by atoms with van der Waals surface area (Å²) < 4.78 is 67.6. The standard InChI is InChI=1S/C17H15F5N4O.C5H9N/c1-9(2)11-8-24-26-14(11)25-16(27-22)13(18)15(26)23-7-10-5-3-4-6-12(10)17(19,20)21;1-2-4-6-5-3-1/h3-6,8-9,23H,7H2,1-2H3;1-2,6H,3-5H2. The van der Waals surface area contributed by atoms with Crippen LogP contribution in [0.25, 0.3) is 5.65 Å². The molecule has 33 heavy (non-hydrogen) atoms. The first kappa shape index (κ1) is 24.4. The lowest BCUT2D eigenvalue weighted by molar-refractivity contribution is -0.138. The SMILES string of the molecule is C1=CCNCC1.CC(C)c1cnn2c(NCc3ccccc3C(F)(F)F)c(F)c(OF)nc12. The number of hydrogen-bond acceptors (Lipinski definition) is 5. The fourth-order valence-electron chi connectivity index (χ4n) is 3.28. The number of nitrogens with one attached hydrogen (secondary N) is 2. The molecule has 0 saturated heterocycles. The minimum atomic E-state index is -4.56. The predicted octanol–water partition coefficient (Wildman–Crippen LogP) is 5.42. The van der Waals surface area contributed by atoms with Crippen LogP contribution in [-0.4, -0.2) is 27.7 Å². The van der Waals surface area contributed by atoms with Crippen molar-refractivity contribution in [3.63, 3.8) is 0 Å². The molecule has 0 amide bonds. The molecule has 6 nitrogen and oxygen atoms in total. The lowest BCUT2D eigenvalue weighted by Crippen LogP contribution is -2.17. The van der Waals surface area contributed by atoms with Gasteiger partial charge in [-0.3, -0.25) is 4.94 Å². The van der Waals surface area contributed by atoms with Crippen LogP contribution in [-0.2, 0) is 12.7 Å². The summed E-state index contributed by atoms with van der Waals surface area (Å²) in [5.74, 6) is -2.52. The quantitative estimate of drug-likeness (QED) is 0.386. The van der Waals surface area contributed by atoms with Crippen LogP contribution in [0.2, 0.25) is 0 Å². The number of anilines is 1. The molecule has 1 aromatic carbocycles. The van der Waals surface area contributed by atoms with E-state index in [1.165, 1.54) is 30.8 Å². The number of aromatic nitrogens is 3. The van der Waals surface area contributed by atoms with Crippen LogP contribution in [0.4, 0.5) is 27.9 Å². The molecule has 0 unspecified atom stereocenters. The summed E-state index contributed by atoms with van der Waals surface area (Å²) in [7, 11) is 0. The van der Waals surface area contributed by atoms with Crippen molar-refractivity contribution < 1.29 is 27.0 Å². The molecule has 0 atom stereocenters. The van der Waals surface area contributed by atoms with Crippen molar-refractivity contribution in [1.82, 2.24) is 19.9 Å². The largest absolute Gasteiger partial charge is 0.416 e. The van der Waals surface area contributed by atoms with Gasteiger partial charge < -0.3 is 10.6 Å². The van der Waals surface area contributed by atoms with E-state index in [1.54, 1.807) is 0 Å². The minimum Gasteiger partial charge on any atom is -0.363 e. The molecule has 2 aromatic heterocycles. The van der Waals surface area contributed by atoms with Gasteiger partial charge in [0.25, 0.3) is 0 Å². The van der Waals surface area contributed by atoms with Gasteiger partial charge in [0.2, 0.25) is 5.82 Å². The number of halogens is 5. The van der Waals surface area contributed by atoms with Crippen molar-refractivity contribution in [2.75, 3.05) is 18.4 Å². The Morgan fingerprint density at radius 3 is 2.52 bits per heavy atom. The van der Waals surface area contributed by atoms with E-state index >= 15 is 0 Å². The fourth-order valence-corrected chi connectivity index (χ4v) is 3.28. The van der Waals surface area contributed by atoms with E-state index in [0.717, 1.165) is 23.7 Å². The monoisotopic (exact) mass is 469 g/mol. The van der Waals surface area contributed by atoms with Crippen molar-refractivity contribution in [3.05, 3.63) is 65.1 Å². The van der Waals surface area contributed by atoms with Gasteiger partial charge in [-0.05, 0) is 30.5 Å².